The number of hydrogen-bond donors (Lipinski definition) is 1. The molecule has 2 fully saturated rings. The Morgan fingerprint density at radius 3 is 2.67 bits per heavy atom. The van der Waals surface area contributed by atoms with Crippen molar-refractivity contribution in [1.82, 2.24) is 24.3 Å². The number of hydrogen-bond acceptors (Lipinski definition) is 8. The highest BCUT2D eigenvalue weighted by molar-refractivity contribution is 7.90. The van der Waals surface area contributed by atoms with E-state index in [0.29, 0.717) is 43.2 Å². The first kappa shape index (κ1) is 20.3. The summed E-state index contributed by atoms with van der Waals surface area (Å²) < 4.78 is 32.0. The molecular formula is C17H23N9O3S. The zero-order valence-electron chi connectivity index (χ0n) is 16.3. The second-order valence-electron chi connectivity index (χ2n) is 7.15. The number of sulfonamides is 1. The molecule has 13 heteroatoms. The van der Waals surface area contributed by atoms with Gasteiger partial charge in [-0.3, -0.25) is 0 Å². The minimum atomic E-state index is -3.11. The maximum atomic E-state index is 12.3. The Morgan fingerprint density at radius 1 is 1.20 bits per heavy atom. The predicted octanol–water partition coefficient (Wildman–Crippen LogP) is 1.37. The van der Waals surface area contributed by atoms with Crippen molar-refractivity contribution in [2.24, 2.45) is 21.2 Å². The molecule has 2 aliphatic rings. The number of pyridine rings is 1. The van der Waals surface area contributed by atoms with Crippen LogP contribution in [0.2, 0.25) is 0 Å². The van der Waals surface area contributed by atoms with E-state index < -0.39 is 10.0 Å². The zero-order valence-corrected chi connectivity index (χ0v) is 17.1. The van der Waals surface area contributed by atoms with Crippen molar-refractivity contribution in [3.8, 4) is 5.75 Å². The van der Waals surface area contributed by atoms with Crippen molar-refractivity contribution >= 4 is 22.2 Å². The van der Waals surface area contributed by atoms with Gasteiger partial charge < -0.3 is 10.6 Å². The van der Waals surface area contributed by atoms with Gasteiger partial charge in [-0.05, 0) is 37.8 Å². The average molecular weight is 433 g/mol. The average Bonchev–Trinajstić information content (AvgIpc) is 3.53. The monoisotopic (exact) mass is 433 g/mol. The summed E-state index contributed by atoms with van der Waals surface area (Å²) in [6.07, 6.45) is 7.40. The Labute approximate surface area is 173 Å². The van der Waals surface area contributed by atoms with Gasteiger partial charge in [-0.25, -0.2) is 22.7 Å². The largest absolute Gasteiger partial charge is 0.486 e. The number of nitrogens with two attached hydrogens (primary N) is 1. The summed E-state index contributed by atoms with van der Waals surface area (Å²) in [5.74, 6) is 5.91. The molecule has 4 rings (SSSR count). The van der Waals surface area contributed by atoms with E-state index in [2.05, 4.69) is 30.5 Å². The van der Waals surface area contributed by atoms with Gasteiger partial charge in [0.2, 0.25) is 10.0 Å². The number of aliphatic imine (C=N–C) groups is 1. The lowest BCUT2D eigenvalue weighted by Crippen LogP contribution is -2.41. The third kappa shape index (κ3) is 4.79. The summed E-state index contributed by atoms with van der Waals surface area (Å²) in [6, 6.07) is 3.51. The van der Waals surface area contributed by atoms with E-state index in [1.807, 2.05) is 0 Å². The van der Waals surface area contributed by atoms with Gasteiger partial charge in [0, 0.05) is 13.1 Å². The van der Waals surface area contributed by atoms with Crippen molar-refractivity contribution < 1.29 is 13.2 Å². The molecule has 2 aromatic rings. The van der Waals surface area contributed by atoms with Crippen molar-refractivity contribution in [2.75, 3.05) is 13.1 Å². The van der Waals surface area contributed by atoms with Gasteiger partial charge in [-0.15, -0.1) is 5.11 Å². The summed E-state index contributed by atoms with van der Waals surface area (Å²) in [5.41, 5.74) is 0.688. The van der Waals surface area contributed by atoms with E-state index in [-0.39, 0.29) is 17.9 Å². The molecule has 30 heavy (non-hydrogen) atoms. The van der Waals surface area contributed by atoms with Crippen molar-refractivity contribution in [3.63, 3.8) is 0 Å². The normalized spacial score (nSPS) is 19.1. The molecule has 1 saturated heterocycles. The Kier molecular flexibility index (Phi) is 5.99. The summed E-state index contributed by atoms with van der Waals surface area (Å²) in [6.45, 7) is 1.29. The Balaban J connectivity index is 1.27. The van der Waals surface area contributed by atoms with Gasteiger partial charge in [-0.1, -0.05) is 5.22 Å². The molecule has 1 saturated carbocycles. The van der Waals surface area contributed by atoms with E-state index in [0.717, 1.165) is 12.8 Å². The molecule has 0 bridgehead atoms. The molecule has 0 radical (unpaired) electrons. The SMILES string of the molecule is NN=NC=Nc1ccc(OCc2cnn(C3CCN(S(=O)(=O)C4CC4)CC3)n2)cn1. The minimum Gasteiger partial charge on any atom is -0.486 e. The van der Waals surface area contributed by atoms with Crippen LogP contribution in [0.1, 0.15) is 37.4 Å². The van der Waals surface area contributed by atoms with Crippen molar-refractivity contribution in [2.45, 2.75) is 43.6 Å². The molecular weight excluding hydrogens is 410 g/mol. The van der Waals surface area contributed by atoms with Crippen LogP contribution >= 0.6 is 0 Å². The lowest BCUT2D eigenvalue weighted by atomic mass is 10.1. The lowest BCUT2D eigenvalue weighted by molar-refractivity contribution is 0.241. The van der Waals surface area contributed by atoms with Crippen LogP contribution in [0.15, 0.2) is 39.9 Å². The molecule has 12 nitrogen and oxygen atoms in total. The number of nitrogens with zero attached hydrogens (tertiary/aromatic N) is 8. The molecule has 3 heterocycles. The second-order valence-corrected chi connectivity index (χ2v) is 9.36. The van der Waals surface area contributed by atoms with E-state index in [1.54, 1.807) is 33.6 Å². The maximum absolute atomic E-state index is 12.3. The predicted molar refractivity (Wildman–Crippen MR) is 108 cm³/mol. The molecule has 2 aromatic heterocycles. The molecule has 160 valence electrons. The van der Waals surface area contributed by atoms with Crippen LogP contribution in [0, 0.1) is 0 Å². The van der Waals surface area contributed by atoms with Crippen molar-refractivity contribution in [1.29, 1.82) is 0 Å². The van der Waals surface area contributed by atoms with Crippen LogP contribution in [-0.4, -0.2) is 57.4 Å². The molecule has 0 unspecified atom stereocenters. The molecule has 1 aliphatic heterocycles. The van der Waals surface area contributed by atoms with Gasteiger partial charge in [-0.2, -0.15) is 15.0 Å². The fraction of sp³-hybridized carbons (Fsp3) is 0.529. The highest BCUT2D eigenvalue weighted by Crippen LogP contribution is 2.33. The van der Waals surface area contributed by atoms with Gasteiger partial charge in [0.1, 0.15) is 24.4 Å². The smallest absolute Gasteiger partial charge is 0.216 e. The highest BCUT2D eigenvalue weighted by Gasteiger charge is 2.41. The van der Waals surface area contributed by atoms with Crippen LogP contribution in [0.25, 0.3) is 0 Å². The summed E-state index contributed by atoms with van der Waals surface area (Å²) >= 11 is 0. The van der Waals surface area contributed by atoms with E-state index in [9.17, 15) is 8.42 Å². The maximum Gasteiger partial charge on any atom is 0.216 e. The third-order valence-corrected chi connectivity index (χ3v) is 7.43. The van der Waals surface area contributed by atoms with E-state index >= 15 is 0 Å². The Bertz CT molecular complexity index is 1010. The first-order chi connectivity index (χ1) is 14.6. The molecule has 2 N–H and O–H groups in total. The summed E-state index contributed by atoms with van der Waals surface area (Å²) in [5, 5.41) is 15.2. The summed E-state index contributed by atoms with van der Waals surface area (Å²) in [4.78, 5) is 9.74. The molecule has 0 atom stereocenters. The number of piperidine rings is 1. The van der Waals surface area contributed by atoms with E-state index in [4.69, 9.17) is 10.6 Å². The van der Waals surface area contributed by atoms with Gasteiger partial charge in [0.15, 0.2) is 5.82 Å². The Hall–Kier alpha value is -2.93. The van der Waals surface area contributed by atoms with Gasteiger partial charge >= 0.3 is 0 Å². The number of rotatable bonds is 8. The zero-order chi connectivity index (χ0) is 21.0. The minimum absolute atomic E-state index is 0.0916. The molecule has 0 spiro atoms. The molecule has 0 amide bonds. The third-order valence-electron chi connectivity index (χ3n) is 5.03. The fourth-order valence-electron chi connectivity index (χ4n) is 3.26. The Morgan fingerprint density at radius 2 is 2.00 bits per heavy atom. The first-order valence-electron chi connectivity index (χ1n) is 9.67. The second kappa shape index (κ2) is 8.83. The van der Waals surface area contributed by atoms with Crippen LogP contribution in [0.5, 0.6) is 5.75 Å². The lowest BCUT2D eigenvalue weighted by Gasteiger charge is -2.30. The topological polar surface area (TPSA) is 153 Å². The number of aromatic nitrogens is 4. The first-order valence-corrected chi connectivity index (χ1v) is 11.2. The van der Waals surface area contributed by atoms with Crippen LogP contribution in [0.4, 0.5) is 5.82 Å². The van der Waals surface area contributed by atoms with Crippen LogP contribution < -0.4 is 10.6 Å². The molecule has 1 aliphatic carbocycles. The van der Waals surface area contributed by atoms with Crippen molar-refractivity contribution in [3.05, 3.63) is 30.2 Å². The van der Waals surface area contributed by atoms with Gasteiger partial charge in [0.05, 0.1) is 23.7 Å². The quantitative estimate of drug-likeness (QED) is 0.217. The standard InChI is InChI=1S/C17H23N9O3S/c18-24-21-12-20-17-4-1-15(10-19-17)29-11-13-9-22-26(23-13)14-5-7-25(8-6-14)30(27,28)16-2-3-16/h1,4,9-10,12,14,16H,2-3,5-8,11H2,(H2,18,19,20,21). The van der Waals surface area contributed by atoms with Crippen LogP contribution in [0.3, 0.4) is 0 Å². The van der Waals surface area contributed by atoms with Gasteiger partial charge in [0.25, 0.3) is 0 Å². The summed E-state index contributed by atoms with van der Waals surface area (Å²) in [7, 11) is -3.11. The van der Waals surface area contributed by atoms with Crippen LogP contribution in [-0.2, 0) is 16.6 Å². The molecule has 0 aromatic carbocycles. The van der Waals surface area contributed by atoms with E-state index in [1.165, 1.54) is 6.34 Å². The fourth-order valence-corrected chi connectivity index (χ4v) is 5.13. The highest BCUT2D eigenvalue weighted by atomic mass is 32.2. The number of ether oxygens (including phenoxy) is 1.